The van der Waals surface area contributed by atoms with Crippen LogP contribution in [0.4, 0.5) is 0 Å². The molecule has 0 fully saturated rings. The summed E-state index contributed by atoms with van der Waals surface area (Å²) in [5, 5.41) is 3.14. The molecule has 37 valence electrons. The van der Waals surface area contributed by atoms with Crippen molar-refractivity contribution in [3.63, 3.8) is 0 Å². The van der Waals surface area contributed by atoms with Crippen LogP contribution >= 0.6 is 0 Å². The summed E-state index contributed by atoms with van der Waals surface area (Å²) in [5.41, 5.74) is 0. The van der Waals surface area contributed by atoms with Crippen molar-refractivity contribution in [1.29, 1.82) is 0 Å². The van der Waals surface area contributed by atoms with Crippen molar-refractivity contribution >= 4 is 0 Å². The largest absolute Gasteiger partial charge is 0.310 e. The van der Waals surface area contributed by atoms with E-state index < -0.39 is 0 Å². The fourth-order valence-corrected chi connectivity index (χ4v) is 0.493. The first-order valence-electron chi connectivity index (χ1n) is 2.43. The second-order valence-corrected chi connectivity index (χ2v) is 1.43. The Balaban J connectivity index is 2.39. The molecule has 1 aliphatic rings. The van der Waals surface area contributed by atoms with Crippen LogP contribution in [-0.4, -0.2) is 13.1 Å². The molecule has 0 saturated carbocycles. The number of allylic oxidation sites excluding steroid dienone is 2. The molecule has 0 bridgehead atoms. The van der Waals surface area contributed by atoms with Gasteiger partial charge < -0.3 is 5.32 Å². The highest BCUT2D eigenvalue weighted by Gasteiger charge is 1.78. The fraction of sp³-hybridized carbons (Fsp3) is 0.333. The van der Waals surface area contributed by atoms with Crippen LogP contribution in [0.1, 0.15) is 0 Å². The highest BCUT2D eigenvalue weighted by molar-refractivity contribution is 5.00. The molecule has 7 heavy (non-hydrogen) atoms. The van der Waals surface area contributed by atoms with E-state index in [1.807, 2.05) is 18.2 Å². The lowest BCUT2D eigenvalue weighted by molar-refractivity contribution is 0.848. The Labute approximate surface area is 43.7 Å². The Hall–Kier alpha value is -0.560. The summed E-state index contributed by atoms with van der Waals surface area (Å²) >= 11 is 0. The molecular weight excluding hydrogens is 86.1 g/mol. The molecule has 1 aliphatic heterocycles. The first-order valence-corrected chi connectivity index (χ1v) is 2.43. The molecule has 0 aliphatic carbocycles. The minimum Gasteiger partial charge on any atom is -0.310 e. The molecule has 0 aromatic heterocycles. The normalized spacial score (nSPS) is 19.4. The third-order valence-corrected chi connectivity index (χ3v) is 0.841. The fourth-order valence-electron chi connectivity index (χ4n) is 0.493. The molecule has 0 amide bonds. The number of rotatable bonds is 0. The topological polar surface area (TPSA) is 12.0 Å². The van der Waals surface area contributed by atoms with E-state index in [1.165, 1.54) is 0 Å². The quantitative estimate of drug-likeness (QED) is 0.461. The van der Waals surface area contributed by atoms with Gasteiger partial charge in [0.05, 0.1) is 0 Å². The van der Waals surface area contributed by atoms with Gasteiger partial charge >= 0.3 is 0 Å². The Bertz CT molecular complexity index is 80.4. The van der Waals surface area contributed by atoms with Crippen molar-refractivity contribution in [2.45, 2.75) is 0 Å². The van der Waals surface area contributed by atoms with E-state index in [0.29, 0.717) is 0 Å². The minimum atomic E-state index is 0.951. The number of hydrogen-bond donors (Lipinski definition) is 1. The minimum absolute atomic E-state index is 0.951. The van der Waals surface area contributed by atoms with Gasteiger partial charge in [0.2, 0.25) is 0 Å². The van der Waals surface area contributed by atoms with Gasteiger partial charge in [-0.15, -0.1) is 0 Å². The molecular formula is C6H8N. The van der Waals surface area contributed by atoms with Gasteiger partial charge in [-0.1, -0.05) is 18.2 Å². The maximum absolute atomic E-state index is 3.14. The Morgan fingerprint density at radius 2 is 2.43 bits per heavy atom. The molecule has 1 nitrogen and oxygen atoms in total. The predicted octanol–water partition coefficient (Wildman–Crippen LogP) is 0.505. The van der Waals surface area contributed by atoms with Gasteiger partial charge in [0, 0.05) is 13.1 Å². The predicted molar refractivity (Wildman–Crippen MR) is 29.8 cm³/mol. The van der Waals surface area contributed by atoms with Gasteiger partial charge in [-0.25, -0.2) is 0 Å². The zero-order chi connectivity index (χ0) is 4.95. The monoisotopic (exact) mass is 94.1 g/mol. The standard InChI is InChI=1S/C6H8N/c1-2-4-6-7-5-3-1/h1,3-4,7H,5-6H2. The third kappa shape index (κ3) is 1.55. The lowest BCUT2D eigenvalue weighted by atomic mass is 10.5. The van der Waals surface area contributed by atoms with Crippen molar-refractivity contribution in [3.05, 3.63) is 24.3 Å². The summed E-state index contributed by atoms with van der Waals surface area (Å²) in [4.78, 5) is 0. The molecule has 1 heterocycles. The van der Waals surface area contributed by atoms with E-state index in [0.717, 1.165) is 13.1 Å². The maximum Gasteiger partial charge on any atom is 0.0146 e. The van der Waals surface area contributed by atoms with Crippen LogP contribution < -0.4 is 5.32 Å². The SMILES string of the molecule is [C]1=CCNCC=C1. The first kappa shape index (κ1) is 4.60. The molecule has 0 spiro atoms. The molecule has 0 atom stereocenters. The highest BCUT2D eigenvalue weighted by Crippen LogP contribution is 1.78. The summed E-state index contributed by atoms with van der Waals surface area (Å²) < 4.78 is 0. The summed E-state index contributed by atoms with van der Waals surface area (Å²) in [5.74, 6) is 0. The third-order valence-electron chi connectivity index (χ3n) is 0.841. The van der Waals surface area contributed by atoms with Gasteiger partial charge in [0.1, 0.15) is 0 Å². The van der Waals surface area contributed by atoms with Crippen molar-refractivity contribution in [2.24, 2.45) is 0 Å². The number of hydrogen-bond acceptors (Lipinski definition) is 1. The van der Waals surface area contributed by atoms with Crippen LogP contribution in [-0.2, 0) is 0 Å². The van der Waals surface area contributed by atoms with E-state index in [4.69, 9.17) is 0 Å². The average molecular weight is 94.1 g/mol. The van der Waals surface area contributed by atoms with Gasteiger partial charge in [0.15, 0.2) is 0 Å². The average Bonchev–Trinajstić information content (AvgIpc) is 1.90. The van der Waals surface area contributed by atoms with Crippen LogP contribution in [0.3, 0.4) is 0 Å². The second-order valence-electron chi connectivity index (χ2n) is 1.43. The van der Waals surface area contributed by atoms with E-state index in [2.05, 4.69) is 11.4 Å². The molecule has 1 rings (SSSR count). The maximum atomic E-state index is 3.14. The van der Waals surface area contributed by atoms with Gasteiger partial charge in [0.25, 0.3) is 0 Å². The van der Waals surface area contributed by atoms with Gasteiger partial charge in [-0.3, -0.25) is 0 Å². The van der Waals surface area contributed by atoms with Crippen LogP contribution in [0.5, 0.6) is 0 Å². The number of nitrogens with one attached hydrogen (secondary N) is 1. The smallest absolute Gasteiger partial charge is 0.0146 e. The van der Waals surface area contributed by atoms with Crippen molar-refractivity contribution < 1.29 is 0 Å². The molecule has 1 N–H and O–H groups in total. The van der Waals surface area contributed by atoms with Crippen LogP contribution in [0.25, 0.3) is 0 Å². The highest BCUT2D eigenvalue weighted by atomic mass is 14.8. The van der Waals surface area contributed by atoms with Gasteiger partial charge in [-0.2, -0.15) is 0 Å². The molecule has 0 saturated heterocycles. The van der Waals surface area contributed by atoms with Crippen molar-refractivity contribution in [2.75, 3.05) is 13.1 Å². The van der Waals surface area contributed by atoms with E-state index in [-0.39, 0.29) is 0 Å². The van der Waals surface area contributed by atoms with Crippen molar-refractivity contribution in [3.8, 4) is 0 Å². The molecule has 1 heteroatoms. The zero-order valence-corrected chi connectivity index (χ0v) is 4.15. The summed E-state index contributed by atoms with van der Waals surface area (Å²) in [6, 6.07) is 0. The summed E-state index contributed by atoms with van der Waals surface area (Å²) in [6.45, 7) is 1.93. The second kappa shape index (κ2) is 2.59. The van der Waals surface area contributed by atoms with Crippen molar-refractivity contribution in [1.82, 2.24) is 5.32 Å². The summed E-state index contributed by atoms with van der Waals surface area (Å²) in [6.07, 6.45) is 8.93. The van der Waals surface area contributed by atoms with E-state index in [1.54, 1.807) is 0 Å². The summed E-state index contributed by atoms with van der Waals surface area (Å²) in [7, 11) is 0. The van der Waals surface area contributed by atoms with Crippen LogP contribution in [0.2, 0.25) is 0 Å². The van der Waals surface area contributed by atoms with Crippen LogP contribution in [0.15, 0.2) is 18.2 Å². The molecule has 1 radical (unpaired) electrons. The zero-order valence-electron chi connectivity index (χ0n) is 4.15. The Kier molecular flexibility index (Phi) is 1.70. The molecule has 0 unspecified atom stereocenters. The Morgan fingerprint density at radius 1 is 1.43 bits per heavy atom. The molecule has 0 aromatic rings. The van der Waals surface area contributed by atoms with E-state index in [9.17, 15) is 0 Å². The van der Waals surface area contributed by atoms with Gasteiger partial charge in [-0.05, 0) is 6.08 Å². The molecule has 0 aromatic carbocycles. The van der Waals surface area contributed by atoms with Crippen LogP contribution in [0, 0.1) is 6.08 Å². The lowest BCUT2D eigenvalue weighted by Gasteiger charge is -1.87. The Morgan fingerprint density at radius 3 is 3.43 bits per heavy atom. The van der Waals surface area contributed by atoms with E-state index >= 15 is 0 Å². The first-order chi connectivity index (χ1) is 3.50. The lowest BCUT2D eigenvalue weighted by Crippen LogP contribution is -2.11.